The Kier molecular flexibility index (Phi) is 4.18. The molecule has 0 fully saturated rings. The van der Waals surface area contributed by atoms with Gasteiger partial charge in [-0.05, 0) is 30.3 Å². The molecule has 2 aromatic carbocycles. The van der Waals surface area contributed by atoms with E-state index < -0.39 is 11.7 Å². The number of hydrogen-bond donors (Lipinski definition) is 1. The van der Waals surface area contributed by atoms with Crippen molar-refractivity contribution in [2.24, 2.45) is 5.73 Å². The molecule has 0 bridgehead atoms. The van der Waals surface area contributed by atoms with Crippen LogP contribution in [0.5, 0.6) is 0 Å². The number of nitrogens with two attached hydrogens (primary N) is 1. The number of benzene rings is 2. The number of halogens is 3. The minimum atomic E-state index is -4.43. The zero-order valence-electron chi connectivity index (χ0n) is 11.2. The van der Waals surface area contributed by atoms with Crippen LogP contribution in [-0.4, -0.2) is 12.0 Å². The third-order valence-electron chi connectivity index (χ3n) is 3.09. The van der Waals surface area contributed by atoms with Crippen LogP contribution < -0.4 is 10.6 Å². The van der Waals surface area contributed by atoms with Crippen molar-refractivity contribution in [3.63, 3.8) is 0 Å². The number of rotatable bonds is 3. The Labute approximate surface area is 126 Å². The van der Waals surface area contributed by atoms with Gasteiger partial charge in [-0.3, -0.25) is 0 Å². The normalized spacial score (nSPS) is 11.2. The van der Waals surface area contributed by atoms with E-state index in [-0.39, 0.29) is 10.6 Å². The van der Waals surface area contributed by atoms with Gasteiger partial charge in [0.15, 0.2) is 0 Å². The Morgan fingerprint density at radius 1 is 1.10 bits per heavy atom. The monoisotopic (exact) mass is 310 g/mol. The van der Waals surface area contributed by atoms with Crippen LogP contribution in [-0.2, 0) is 6.18 Å². The van der Waals surface area contributed by atoms with E-state index >= 15 is 0 Å². The van der Waals surface area contributed by atoms with Crippen LogP contribution in [0.25, 0.3) is 0 Å². The molecular formula is C15H13F3N2S. The van der Waals surface area contributed by atoms with Gasteiger partial charge in [0.2, 0.25) is 0 Å². The van der Waals surface area contributed by atoms with Gasteiger partial charge in [0.25, 0.3) is 0 Å². The summed E-state index contributed by atoms with van der Waals surface area (Å²) >= 11 is 4.89. The molecule has 0 atom stereocenters. The average molecular weight is 310 g/mol. The second-order valence-corrected chi connectivity index (χ2v) is 4.93. The first-order chi connectivity index (χ1) is 9.80. The van der Waals surface area contributed by atoms with Crippen LogP contribution >= 0.6 is 12.2 Å². The van der Waals surface area contributed by atoms with Crippen molar-refractivity contribution in [3.05, 3.63) is 59.7 Å². The van der Waals surface area contributed by atoms with Gasteiger partial charge in [0, 0.05) is 18.3 Å². The highest BCUT2D eigenvalue weighted by atomic mass is 32.1. The van der Waals surface area contributed by atoms with Crippen molar-refractivity contribution in [1.82, 2.24) is 0 Å². The molecule has 0 unspecified atom stereocenters. The number of hydrogen-bond acceptors (Lipinski definition) is 2. The van der Waals surface area contributed by atoms with Crippen LogP contribution in [0.2, 0.25) is 0 Å². The SMILES string of the molecule is CN(c1ccccc1)c1ccc(C(F)(F)F)cc1C(N)=S. The van der Waals surface area contributed by atoms with E-state index in [2.05, 4.69) is 0 Å². The zero-order valence-corrected chi connectivity index (χ0v) is 12.0. The molecule has 2 N–H and O–H groups in total. The maximum Gasteiger partial charge on any atom is 0.416 e. The minimum absolute atomic E-state index is 0.0705. The molecular weight excluding hydrogens is 297 g/mol. The first-order valence-electron chi connectivity index (χ1n) is 6.10. The van der Waals surface area contributed by atoms with Gasteiger partial charge < -0.3 is 10.6 Å². The zero-order chi connectivity index (χ0) is 15.6. The van der Waals surface area contributed by atoms with E-state index in [1.165, 1.54) is 6.07 Å². The van der Waals surface area contributed by atoms with E-state index in [0.717, 1.165) is 17.8 Å². The quantitative estimate of drug-likeness (QED) is 0.865. The van der Waals surface area contributed by atoms with Gasteiger partial charge in [-0.2, -0.15) is 13.2 Å². The maximum absolute atomic E-state index is 12.8. The van der Waals surface area contributed by atoms with Crippen LogP contribution in [0.15, 0.2) is 48.5 Å². The molecule has 21 heavy (non-hydrogen) atoms. The predicted molar refractivity (Wildman–Crippen MR) is 81.8 cm³/mol. The lowest BCUT2D eigenvalue weighted by atomic mass is 10.1. The van der Waals surface area contributed by atoms with Crippen molar-refractivity contribution in [3.8, 4) is 0 Å². The molecule has 6 heteroatoms. The summed E-state index contributed by atoms with van der Waals surface area (Å²) < 4.78 is 38.4. The second kappa shape index (κ2) is 5.73. The highest BCUT2D eigenvalue weighted by Crippen LogP contribution is 2.34. The number of anilines is 2. The summed E-state index contributed by atoms with van der Waals surface area (Å²) in [7, 11) is 1.75. The lowest BCUT2D eigenvalue weighted by molar-refractivity contribution is -0.137. The molecule has 110 valence electrons. The first kappa shape index (κ1) is 15.3. The van der Waals surface area contributed by atoms with Crippen molar-refractivity contribution in [1.29, 1.82) is 0 Å². The van der Waals surface area contributed by atoms with E-state index in [4.69, 9.17) is 18.0 Å². The van der Waals surface area contributed by atoms with Gasteiger partial charge in [-0.15, -0.1) is 0 Å². The van der Waals surface area contributed by atoms with Gasteiger partial charge in [-0.25, -0.2) is 0 Å². The molecule has 0 saturated heterocycles. The summed E-state index contributed by atoms with van der Waals surface area (Å²) in [5.74, 6) is 0. The molecule has 0 aromatic heterocycles. The van der Waals surface area contributed by atoms with Gasteiger partial charge in [0.1, 0.15) is 4.99 Å². The number of para-hydroxylation sites is 1. The van der Waals surface area contributed by atoms with Crippen molar-refractivity contribution in [2.75, 3.05) is 11.9 Å². The molecule has 0 amide bonds. The highest BCUT2D eigenvalue weighted by Gasteiger charge is 2.31. The minimum Gasteiger partial charge on any atom is -0.389 e. The van der Waals surface area contributed by atoms with E-state index in [1.807, 2.05) is 30.3 Å². The highest BCUT2D eigenvalue weighted by molar-refractivity contribution is 7.80. The van der Waals surface area contributed by atoms with Crippen LogP contribution in [0.3, 0.4) is 0 Å². The average Bonchev–Trinajstić information content (AvgIpc) is 2.45. The van der Waals surface area contributed by atoms with Crippen LogP contribution in [0, 0.1) is 0 Å². The van der Waals surface area contributed by atoms with Crippen molar-refractivity contribution >= 4 is 28.6 Å². The maximum atomic E-state index is 12.8. The van der Waals surface area contributed by atoms with Gasteiger partial charge >= 0.3 is 6.18 Å². The largest absolute Gasteiger partial charge is 0.416 e. The second-order valence-electron chi connectivity index (χ2n) is 4.49. The van der Waals surface area contributed by atoms with Crippen LogP contribution in [0.4, 0.5) is 24.5 Å². The Hall–Kier alpha value is -2.08. The van der Waals surface area contributed by atoms with Crippen molar-refractivity contribution in [2.45, 2.75) is 6.18 Å². The third kappa shape index (κ3) is 3.33. The Morgan fingerprint density at radius 3 is 2.24 bits per heavy atom. The Bertz CT molecular complexity index is 654. The number of nitrogens with zero attached hydrogens (tertiary/aromatic N) is 1. The number of alkyl halides is 3. The summed E-state index contributed by atoms with van der Waals surface area (Å²) in [5.41, 5.74) is 6.37. The molecule has 2 nitrogen and oxygen atoms in total. The first-order valence-corrected chi connectivity index (χ1v) is 6.51. The Morgan fingerprint density at radius 2 is 1.71 bits per heavy atom. The molecule has 0 aliphatic carbocycles. The molecule has 0 aliphatic heterocycles. The molecule has 0 saturated carbocycles. The molecule has 0 aliphatic rings. The van der Waals surface area contributed by atoms with Gasteiger partial charge in [0.05, 0.1) is 11.3 Å². The fourth-order valence-corrected chi connectivity index (χ4v) is 2.16. The van der Waals surface area contributed by atoms with Gasteiger partial charge in [-0.1, -0.05) is 30.4 Å². The number of thiocarbonyl (C=S) groups is 1. The van der Waals surface area contributed by atoms with E-state index in [1.54, 1.807) is 11.9 Å². The lowest BCUT2D eigenvalue weighted by Gasteiger charge is -2.23. The molecule has 0 radical (unpaired) electrons. The third-order valence-corrected chi connectivity index (χ3v) is 3.31. The molecule has 0 spiro atoms. The fraction of sp³-hybridized carbons (Fsp3) is 0.133. The lowest BCUT2D eigenvalue weighted by Crippen LogP contribution is -2.19. The molecule has 2 aromatic rings. The predicted octanol–water partition coefficient (Wildman–Crippen LogP) is 4.11. The smallest absolute Gasteiger partial charge is 0.389 e. The summed E-state index contributed by atoms with van der Waals surface area (Å²) in [6.07, 6.45) is -4.43. The summed E-state index contributed by atoms with van der Waals surface area (Å²) in [6, 6.07) is 12.6. The summed E-state index contributed by atoms with van der Waals surface area (Å²) in [4.78, 5) is 1.67. The topological polar surface area (TPSA) is 29.3 Å². The van der Waals surface area contributed by atoms with E-state index in [0.29, 0.717) is 5.69 Å². The summed E-state index contributed by atoms with van der Waals surface area (Å²) in [6.45, 7) is 0. The van der Waals surface area contributed by atoms with E-state index in [9.17, 15) is 13.2 Å². The summed E-state index contributed by atoms with van der Waals surface area (Å²) in [5, 5.41) is 0. The van der Waals surface area contributed by atoms with Crippen LogP contribution in [0.1, 0.15) is 11.1 Å². The molecule has 0 heterocycles. The fourth-order valence-electron chi connectivity index (χ4n) is 1.99. The molecule has 2 rings (SSSR count). The van der Waals surface area contributed by atoms with Crippen molar-refractivity contribution < 1.29 is 13.2 Å². The standard InChI is InChI=1S/C15H13F3N2S/c1-20(11-5-3-2-4-6-11)13-8-7-10(15(16,17)18)9-12(13)14(19)21/h2-9H,1H3,(H2,19,21). The Balaban J connectivity index is 2.51.